The van der Waals surface area contributed by atoms with Crippen molar-refractivity contribution in [2.75, 3.05) is 13.2 Å². The number of hydrogen-bond acceptors (Lipinski definition) is 6. The molecule has 0 aromatic carbocycles. The van der Waals surface area contributed by atoms with Gasteiger partial charge in [0.1, 0.15) is 19.3 Å². The largest absolute Gasteiger partial charge is 0.463 e. The summed E-state index contributed by atoms with van der Waals surface area (Å²) in [5.74, 6) is 0.0546. The van der Waals surface area contributed by atoms with Crippen LogP contribution in [0, 0.1) is 5.92 Å². The fourth-order valence-corrected chi connectivity index (χ4v) is 6.25. The summed E-state index contributed by atoms with van der Waals surface area (Å²) in [5, 5.41) is 10.0. The molecular weight excluding hydrogens is 673 g/mol. The van der Waals surface area contributed by atoms with Crippen molar-refractivity contribution >= 4 is 17.7 Å². The number of allylic oxidation sites excluding steroid dienone is 8. The summed E-state index contributed by atoms with van der Waals surface area (Å²) in [6.07, 6.45) is 48.9. The van der Waals surface area contributed by atoms with Crippen molar-refractivity contribution in [3.63, 3.8) is 0 Å². The van der Waals surface area contributed by atoms with Gasteiger partial charge in [0, 0.05) is 19.3 Å². The van der Waals surface area contributed by atoms with E-state index in [4.69, 9.17) is 9.47 Å². The first-order valence-electron chi connectivity index (χ1n) is 22.5. The fraction of sp³-hybridized carbons (Fsp3) is 0.771. The van der Waals surface area contributed by atoms with Crippen molar-refractivity contribution in [3.05, 3.63) is 48.6 Å². The van der Waals surface area contributed by atoms with Crippen LogP contribution >= 0.6 is 0 Å². The van der Waals surface area contributed by atoms with E-state index in [1.807, 2.05) is 12.2 Å². The molecule has 0 aromatic rings. The van der Waals surface area contributed by atoms with Gasteiger partial charge in [-0.2, -0.15) is 0 Å². The molecule has 0 bridgehead atoms. The van der Waals surface area contributed by atoms with Gasteiger partial charge in [-0.1, -0.05) is 198 Å². The molecule has 54 heavy (non-hydrogen) atoms. The maximum atomic E-state index is 12.0. The third-order valence-electron chi connectivity index (χ3n) is 10.1. The molecule has 0 saturated carbocycles. The molecule has 0 rings (SSSR count). The van der Waals surface area contributed by atoms with Crippen LogP contribution in [-0.2, 0) is 23.9 Å². The normalized spacial score (nSPS) is 13.1. The van der Waals surface area contributed by atoms with E-state index in [-0.39, 0.29) is 37.8 Å². The molecule has 0 radical (unpaired) electrons. The predicted molar refractivity (Wildman–Crippen MR) is 229 cm³/mol. The summed E-state index contributed by atoms with van der Waals surface area (Å²) in [6, 6.07) is 0. The maximum absolute atomic E-state index is 12.0. The number of unbranched alkanes of at least 4 members (excludes halogenated alkanes) is 20. The van der Waals surface area contributed by atoms with E-state index in [0.29, 0.717) is 12.8 Å². The monoisotopic (exact) mass is 757 g/mol. The number of aliphatic hydroxyl groups is 1. The number of hydrogen-bond donors (Lipinski definition) is 1. The number of esters is 2. The van der Waals surface area contributed by atoms with E-state index in [1.54, 1.807) is 6.08 Å². The molecule has 0 heterocycles. The van der Waals surface area contributed by atoms with E-state index in [9.17, 15) is 19.5 Å². The van der Waals surface area contributed by atoms with Gasteiger partial charge in [-0.15, -0.1) is 0 Å². The minimum atomic E-state index is -1.06. The van der Waals surface area contributed by atoms with Gasteiger partial charge < -0.3 is 14.6 Å². The van der Waals surface area contributed by atoms with E-state index in [1.165, 1.54) is 134 Å². The van der Waals surface area contributed by atoms with Gasteiger partial charge in [0.15, 0.2) is 5.78 Å². The molecule has 0 aliphatic carbocycles. The van der Waals surface area contributed by atoms with Crippen molar-refractivity contribution in [2.45, 2.75) is 219 Å². The number of ether oxygens (including phenoxy) is 2. The van der Waals surface area contributed by atoms with E-state index in [2.05, 4.69) is 45.1 Å². The summed E-state index contributed by atoms with van der Waals surface area (Å²) < 4.78 is 10.2. The minimum absolute atomic E-state index is 0.0478. The molecular formula is C48H84O6. The molecule has 0 aliphatic heterocycles. The first-order valence-corrected chi connectivity index (χ1v) is 22.5. The average Bonchev–Trinajstić information content (AvgIpc) is 3.17. The lowest BCUT2D eigenvalue weighted by Gasteiger charge is -2.12. The lowest BCUT2D eigenvalue weighted by Crippen LogP contribution is -2.25. The van der Waals surface area contributed by atoms with Crippen LogP contribution in [0.3, 0.4) is 0 Å². The van der Waals surface area contributed by atoms with Crippen LogP contribution in [0.15, 0.2) is 48.6 Å². The van der Waals surface area contributed by atoms with Crippen LogP contribution in [0.2, 0.25) is 0 Å². The lowest BCUT2D eigenvalue weighted by molar-refractivity contribution is -0.152. The molecule has 2 atom stereocenters. The topological polar surface area (TPSA) is 89.9 Å². The molecule has 0 aromatic heterocycles. The molecule has 0 spiro atoms. The Labute approximate surface area is 333 Å². The number of aliphatic hydroxyl groups excluding tert-OH is 1. The maximum Gasteiger partial charge on any atom is 0.305 e. The second kappa shape index (κ2) is 41.7. The van der Waals surface area contributed by atoms with Crippen LogP contribution in [-0.4, -0.2) is 42.1 Å². The van der Waals surface area contributed by atoms with Gasteiger partial charge in [0.05, 0.1) is 0 Å². The Morgan fingerprint density at radius 1 is 0.519 bits per heavy atom. The first-order chi connectivity index (χ1) is 26.4. The summed E-state index contributed by atoms with van der Waals surface area (Å²) in [7, 11) is 0. The van der Waals surface area contributed by atoms with Crippen molar-refractivity contribution in [2.24, 2.45) is 5.92 Å². The number of rotatable bonds is 40. The van der Waals surface area contributed by atoms with Crippen LogP contribution in [0.5, 0.6) is 0 Å². The van der Waals surface area contributed by atoms with Crippen molar-refractivity contribution < 1.29 is 29.0 Å². The summed E-state index contributed by atoms with van der Waals surface area (Å²) >= 11 is 0. The van der Waals surface area contributed by atoms with Gasteiger partial charge in [0.2, 0.25) is 0 Å². The Bertz CT molecular complexity index is 980. The standard InChI is InChI=1S/C48H84O6/c1-4-6-7-8-9-10-11-18-22-25-28-31-34-38-45(49)39-36-41-48(52)54-43-46(50)42-53-47(51)40-35-32-29-26-23-20-17-15-13-12-14-16-19-21-24-27-30-33-37-44(3)5-2/h9-10,18,22,28,31,34,38,44,46,50H,4-8,11-17,19-21,23-27,29-30,32-33,35-37,39-43H2,1-3H3/b10-9-,22-18-,31-28-,38-34+/t44?,46-/m1/s1. The van der Waals surface area contributed by atoms with Crippen LogP contribution < -0.4 is 0 Å². The second-order valence-corrected chi connectivity index (χ2v) is 15.5. The smallest absolute Gasteiger partial charge is 0.305 e. The summed E-state index contributed by atoms with van der Waals surface area (Å²) in [5.41, 5.74) is 0. The highest BCUT2D eigenvalue weighted by Gasteiger charge is 2.12. The molecule has 1 N–H and O–H groups in total. The van der Waals surface area contributed by atoms with Crippen LogP contribution in [0.25, 0.3) is 0 Å². The average molecular weight is 757 g/mol. The molecule has 0 aliphatic rings. The first kappa shape index (κ1) is 51.5. The molecule has 0 fully saturated rings. The Morgan fingerprint density at radius 2 is 0.981 bits per heavy atom. The SMILES string of the molecule is CCCCC/C=C\C/C=C\C/C=C\C=C\C(=O)CCCC(=O)OC[C@H](O)COC(=O)CCCCCCCCCCCCCCCCCCCCC(C)CC. The highest BCUT2D eigenvalue weighted by Crippen LogP contribution is 2.17. The zero-order chi connectivity index (χ0) is 39.6. The van der Waals surface area contributed by atoms with E-state index < -0.39 is 12.1 Å². The molecule has 312 valence electrons. The van der Waals surface area contributed by atoms with Crippen LogP contribution in [0.4, 0.5) is 0 Å². The molecule has 0 amide bonds. The third-order valence-corrected chi connectivity index (χ3v) is 10.1. The Morgan fingerprint density at radius 3 is 1.50 bits per heavy atom. The number of ketones is 1. The third kappa shape index (κ3) is 40.7. The van der Waals surface area contributed by atoms with Gasteiger partial charge >= 0.3 is 11.9 Å². The summed E-state index contributed by atoms with van der Waals surface area (Å²) in [4.78, 5) is 36.0. The minimum Gasteiger partial charge on any atom is -0.463 e. The van der Waals surface area contributed by atoms with Gasteiger partial charge in [0.25, 0.3) is 0 Å². The molecule has 6 heteroatoms. The van der Waals surface area contributed by atoms with Gasteiger partial charge in [-0.3, -0.25) is 14.4 Å². The quantitative estimate of drug-likeness (QED) is 0.0220. The van der Waals surface area contributed by atoms with Crippen molar-refractivity contribution in [3.8, 4) is 0 Å². The zero-order valence-electron chi connectivity index (χ0n) is 35.4. The molecule has 6 nitrogen and oxygen atoms in total. The Kier molecular flexibility index (Phi) is 39.8. The number of carbonyl (C=O) groups excluding carboxylic acids is 3. The van der Waals surface area contributed by atoms with Gasteiger partial charge in [-0.05, 0) is 50.5 Å². The van der Waals surface area contributed by atoms with E-state index >= 15 is 0 Å². The van der Waals surface area contributed by atoms with Crippen molar-refractivity contribution in [1.82, 2.24) is 0 Å². The predicted octanol–water partition coefficient (Wildman–Crippen LogP) is 13.6. The zero-order valence-corrected chi connectivity index (χ0v) is 35.4. The highest BCUT2D eigenvalue weighted by atomic mass is 16.6. The number of carbonyl (C=O) groups is 3. The second-order valence-electron chi connectivity index (χ2n) is 15.5. The van der Waals surface area contributed by atoms with Gasteiger partial charge in [-0.25, -0.2) is 0 Å². The highest BCUT2D eigenvalue weighted by molar-refractivity contribution is 5.90. The molecule has 0 saturated heterocycles. The van der Waals surface area contributed by atoms with Crippen molar-refractivity contribution in [1.29, 1.82) is 0 Å². The Balaban J connectivity index is 3.55. The summed E-state index contributed by atoms with van der Waals surface area (Å²) in [6.45, 7) is 6.47. The van der Waals surface area contributed by atoms with E-state index in [0.717, 1.165) is 44.4 Å². The molecule has 1 unspecified atom stereocenters. The van der Waals surface area contributed by atoms with Crippen LogP contribution in [0.1, 0.15) is 213 Å². The lowest BCUT2D eigenvalue weighted by atomic mass is 9.99. The Hall–Kier alpha value is -2.47. The fourth-order valence-electron chi connectivity index (χ4n) is 6.25.